The molecule has 0 amide bonds. The normalized spacial score (nSPS) is 36.7. The van der Waals surface area contributed by atoms with Gasteiger partial charge in [-0.1, -0.05) is 5.11 Å². The van der Waals surface area contributed by atoms with Crippen molar-refractivity contribution in [3.8, 4) is 0 Å². The summed E-state index contributed by atoms with van der Waals surface area (Å²) < 4.78 is 48.5. The van der Waals surface area contributed by atoms with E-state index in [-0.39, 0.29) is 0 Å². The Labute approximate surface area is 210 Å². The number of nitrogens with zero attached hydrogens (tertiary/aromatic N) is 4. The Hall–Kier alpha value is -2.03. The van der Waals surface area contributed by atoms with E-state index in [1.54, 1.807) is 0 Å². The van der Waals surface area contributed by atoms with Crippen molar-refractivity contribution in [2.45, 2.75) is 55.2 Å². The first-order chi connectivity index (χ1) is 17.7. The molecule has 1 aromatic rings. The number of hydrogen-bond donors (Lipinski definition) is 8. The number of phosphoric acid groups is 2. The van der Waals surface area contributed by atoms with Crippen LogP contribution in [0.2, 0.25) is 0 Å². The van der Waals surface area contributed by atoms with Gasteiger partial charge < -0.3 is 44.8 Å². The molecule has 0 aliphatic carbocycles. The summed E-state index contributed by atoms with van der Waals surface area (Å²) in [6.07, 6.45) is -13.6. The topological polar surface area (TPSA) is 326 Å². The smallest absolute Gasteiger partial charge is 0.394 e. The molecule has 0 saturated carbocycles. The molecule has 2 aliphatic rings. The summed E-state index contributed by atoms with van der Waals surface area (Å²) in [7, 11) is -11.1. The Morgan fingerprint density at radius 1 is 1.05 bits per heavy atom. The zero-order valence-corrected chi connectivity index (χ0v) is 20.5. The molecule has 38 heavy (non-hydrogen) atoms. The van der Waals surface area contributed by atoms with Crippen LogP contribution in [-0.4, -0.2) is 107 Å². The largest absolute Gasteiger partial charge is 0.483 e. The average Bonchev–Trinajstić information content (AvgIpc) is 3.12. The van der Waals surface area contributed by atoms with Gasteiger partial charge in [-0.3, -0.25) is 23.4 Å². The van der Waals surface area contributed by atoms with Crippen molar-refractivity contribution in [3.63, 3.8) is 0 Å². The Morgan fingerprint density at radius 3 is 2.34 bits per heavy atom. The number of aromatic nitrogens is 2. The van der Waals surface area contributed by atoms with Crippen molar-refractivity contribution in [2.24, 2.45) is 5.11 Å². The minimum Gasteiger partial charge on any atom is -0.394 e. The lowest BCUT2D eigenvalue weighted by Gasteiger charge is -2.39. The maximum atomic E-state index is 12.3. The summed E-state index contributed by atoms with van der Waals surface area (Å²) in [6.45, 7) is -1.95. The van der Waals surface area contributed by atoms with Crippen LogP contribution in [0.5, 0.6) is 0 Å². The van der Waals surface area contributed by atoms with Gasteiger partial charge in [-0.05, 0) is 5.53 Å². The molecule has 0 bridgehead atoms. The molecule has 2 fully saturated rings. The third-order valence-corrected chi connectivity index (χ3v) is 7.94. The Morgan fingerprint density at radius 2 is 1.74 bits per heavy atom. The van der Waals surface area contributed by atoms with E-state index in [9.17, 15) is 48.9 Å². The van der Waals surface area contributed by atoms with Crippen LogP contribution < -0.4 is 11.2 Å². The monoisotopic (exact) mass is 591 g/mol. The first-order valence-electron chi connectivity index (χ1n) is 10.4. The molecule has 8 N–H and O–H groups in total. The molecule has 0 spiro atoms. The molecule has 3 heterocycles. The van der Waals surface area contributed by atoms with Crippen LogP contribution in [0.4, 0.5) is 0 Å². The number of aromatic amines is 1. The highest BCUT2D eigenvalue weighted by atomic mass is 31.3. The maximum absolute atomic E-state index is 12.3. The number of azide groups is 1. The van der Waals surface area contributed by atoms with E-state index in [0.29, 0.717) is 0 Å². The molecule has 1 aromatic heterocycles. The highest BCUT2D eigenvalue weighted by molar-refractivity contribution is 7.61. The van der Waals surface area contributed by atoms with Crippen molar-refractivity contribution in [3.05, 3.63) is 43.5 Å². The van der Waals surface area contributed by atoms with Crippen LogP contribution in [-0.2, 0) is 32.0 Å². The second kappa shape index (κ2) is 12.0. The van der Waals surface area contributed by atoms with E-state index in [2.05, 4.69) is 23.4 Å². The zero-order valence-electron chi connectivity index (χ0n) is 18.8. The minimum atomic E-state index is -5.62. The quantitative estimate of drug-likeness (QED) is 0.0567. The second-order valence-corrected chi connectivity index (χ2v) is 10.9. The van der Waals surface area contributed by atoms with E-state index in [0.717, 1.165) is 16.8 Å². The standard InChI is InChI=1S/C15H23N5O16P2/c16-19-18-8-9(23)6(33-13(8)20-2-1-7(22)17-15(20)27)4-32-37(28,29)36-38(30,31)35-14-12(26)11(25)10(24)5(3-21)34-14/h1-2,5-6,8-14,21,23-26H,3-4H2,(H,28,29)(H,30,31)(H,17,22,27)/t5-,6-,8-,9-,10-,11+,12-,13-,14-/m1/s1. The highest BCUT2D eigenvalue weighted by Crippen LogP contribution is 2.61. The summed E-state index contributed by atoms with van der Waals surface area (Å²) in [5, 5.41) is 52.2. The molecule has 3 rings (SSSR count). The second-order valence-electron chi connectivity index (χ2n) is 7.89. The number of rotatable bonds is 10. The average molecular weight is 591 g/mol. The van der Waals surface area contributed by atoms with Crippen LogP contribution >= 0.6 is 15.6 Å². The summed E-state index contributed by atoms with van der Waals surface area (Å²) in [5.41, 5.74) is 7.01. The highest BCUT2D eigenvalue weighted by Gasteiger charge is 2.49. The van der Waals surface area contributed by atoms with Gasteiger partial charge in [-0.15, -0.1) is 0 Å². The van der Waals surface area contributed by atoms with E-state index >= 15 is 0 Å². The number of aliphatic hydroxyl groups is 5. The molecule has 0 radical (unpaired) electrons. The van der Waals surface area contributed by atoms with Crippen LogP contribution in [0, 0.1) is 0 Å². The van der Waals surface area contributed by atoms with Crippen LogP contribution in [0.25, 0.3) is 10.4 Å². The van der Waals surface area contributed by atoms with Crippen LogP contribution in [0.15, 0.2) is 27.0 Å². The first-order valence-corrected chi connectivity index (χ1v) is 13.4. The van der Waals surface area contributed by atoms with Gasteiger partial charge >= 0.3 is 21.3 Å². The van der Waals surface area contributed by atoms with Gasteiger partial charge in [-0.25, -0.2) is 13.9 Å². The molecule has 11 atom stereocenters. The molecular formula is C15H23N5O16P2. The number of nitrogens with one attached hydrogen (secondary N) is 1. The molecule has 21 nitrogen and oxygen atoms in total. The molecular weight excluding hydrogens is 568 g/mol. The lowest BCUT2D eigenvalue weighted by Crippen LogP contribution is -2.58. The van der Waals surface area contributed by atoms with Gasteiger partial charge in [0.05, 0.1) is 19.3 Å². The van der Waals surface area contributed by atoms with Crippen molar-refractivity contribution in [1.82, 2.24) is 9.55 Å². The summed E-state index contributed by atoms with van der Waals surface area (Å²) >= 11 is 0. The van der Waals surface area contributed by atoms with Crippen molar-refractivity contribution in [1.29, 1.82) is 0 Å². The van der Waals surface area contributed by atoms with E-state index in [1.165, 1.54) is 0 Å². The maximum Gasteiger partial charge on any atom is 0.483 e. The van der Waals surface area contributed by atoms with Gasteiger partial charge in [0, 0.05) is 17.2 Å². The number of hydrogen-bond acceptors (Lipinski definition) is 15. The molecule has 214 valence electrons. The van der Waals surface area contributed by atoms with Crippen LogP contribution in [0.1, 0.15) is 6.23 Å². The summed E-state index contributed by atoms with van der Waals surface area (Å²) in [6, 6.07) is -0.562. The molecule has 0 aromatic carbocycles. The Balaban J connectivity index is 1.67. The minimum absolute atomic E-state index is 0.759. The van der Waals surface area contributed by atoms with E-state index in [4.69, 9.17) is 20.1 Å². The number of phosphoric ester groups is 2. The number of aliphatic hydroxyl groups excluding tert-OH is 5. The third kappa shape index (κ3) is 6.93. The number of H-pyrrole nitrogens is 1. The molecule has 2 unspecified atom stereocenters. The van der Waals surface area contributed by atoms with Gasteiger partial charge in [0.15, 0.2) is 6.29 Å². The van der Waals surface area contributed by atoms with Gasteiger partial charge in [0.2, 0.25) is 0 Å². The predicted octanol–water partition coefficient (Wildman–Crippen LogP) is -3.48. The fourth-order valence-electron chi connectivity index (χ4n) is 3.54. The van der Waals surface area contributed by atoms with Crippen LogP contribution in [0.3, 0.4) is 0 Å². The third-order valence-electron chi connectivity index (χ3n) is 5.34. The Kier molecular flexibility index (Phi) is 9.64. The fourth-order valence-corrected chi connectivity index (χ4v) is 5.69. The SMILES string of the molecule is [N-]=[N+]=N[C@@H]1[C@H](O)[C@@H](COP(=O)(O)OP(=O)(O)O[C@H]2O[C@H](CO)[C@@H](O)[C@H](O)[C@H]2O)O[C@H]1n1ccc(=O)[nH]c1=O. The lowest BCUT2D eigenvalue weighted by molar-refractivity contribution is -0.280. The first kappa shape index (κ1) is 30.5. The zero-order chi connectivity index (χ0) is 28.4. The van der Waals surface area contributed by atoms with Crippen molar-refractivity contribution >= 4 is 15.6 Å². The van der Waals surface area contributed by atoms with Gasteiger partial charge in [-0.2, -0.15) is 4.31 Å². The molecule has 23 heteroatoms. The Bertz CT molecular complexity index is 1250. The summed E-state index contributed by atoms with van der Waals surface area (Å²) in [5.74, 6) is 0. The fraction of sp³-hybridized carbons (Fsp3) is 0.733. The van der Waals surface area contributed by atoms with Gasteiger partial charge in [0.25, 0.3) is 5.56 Å². The van der Waals surface area contributed by atoms with Crippen molar-refractivity contribution < 1.29 is 67.3 Å². The summed E-state index contributed by atoms with van der Waals surface area (Å²) in [4.78, 5) is 47.5. The van der Waals surface area contributed by atoms with E-state index in [1.807, 2.05) is 4.98 Å². The lowest BCUT2D eigenvalue weighted by atomic mass is 10.00. The molecule has 2 aliphatic heterocycles. The molecule has 2 saturated heterocycles. The van der Waals surface area contributed by atoms with Gasteiger partial charge in [0.1, 0.15) is 42.8 Å². The number of ether oxygens (including phenoxy) is 2. The predicted molar refractivity (Wildman–Crippen MR) is 116 cm³/mol. The van der Waals surface area contributed by atoms with E-state index < -0.39 is 95.3 Å². The van der Waals surface area contributed by atoms with Crippen molar-refractivity contribution in [2.75, 3.05) is 13.2 Å².